The lowest BCUT2D eigenvalue weighted by Gasteiger charge is -2.13. The number of hydrogen-bond acceptors (Lipinski definition) is 0. The molecule has 0 spiro atoms. The molecular weight excluding hydrogens is 228 g/mol. The summed E-state index contributed by atoms with van der Waals surface area (Å²) in [5.41, 5.74) is 4.58. The van der Waals surface area contributed by atoms with Gasteiger partial charge in [0.2, 0.25) is 0 Å². The first kappa shape index (κ1) is 14.1. The SMILES string of the molecule is CCCc1cc(CCC)c2cccc(CCC)c2c1. The van der Waals surface area contributed by atoms with E-state index in [1.54, 1.807) is 5.56 Å². The predicted molar refractivity (Wildman–Crippen MR) is 85.9 cm³/mol. The molecule has 0 aliphatic carbocycles. The van der Waals surface area contributed by atoms with E-state index < -0.39 is 0 Å². The number of hydrogen-bond donors (Lipinski definition) is 0. The minimum absolute atomic E-state index is 1.19. The van der Waals surface area contributed by atoms with Crippen LogP contribution in [0, 0.1) is 0 Å². The summed E-state index contributed by atoms with van der Waals surface area (Å²) in [4.78, 5) is 0. The van der Waals surface area contributed by atoms with E-state index in [9.17, 15) is 0 Å². The Morgan fingerprint density at radius 1 is 0.684 bits per heavy atom. The fourth-order valence-corrected chi connectivity index (χ4v) is 2.99. The lowest BCUT2D eigenvalue weighted by molar-refractivity contribution is 0.899. The van der Waals surface area contributed by atoms with E-state index in [-0.39, 0.29) is 0 Å². The molecule has 19 heavy (non-hydrogen) atoms. The Balaban J connectivity index is 2.60. The van der Waals surface area contributed by atoms with Gasteiger partial charge in [-0.2, -0.15) is 0 Å². The van der Waals surface area contributed by atoms with E-state index in [1.807, 2.05) is 0 Å². The molecule has 0 aliphatic heterocycles. The molecule has 0 atom stereocenters. The van der Waals surface area contributed by atoms with Crippen LogP contribution in [0.2, 0.25) is 0 Å². The molecule has 0 N–H and O–H groups in total. The number of fused-ring (bicyclic) bond motifs is 1. The second kappa shape index (κ2) is 6.75. The quantitative estimate of drug-likeness (QED) is 0.620. The monoisotopic (exact) mass is 254 g/mol. The molecule has 0 heteroatoms. The van der Waals surface area contributed by atoms with Gasteiger partial charge in [0.1, 0.15) is 0 Å². The van der Waals surface area contributed by atoms with Crippen molar-refractivity contribution in [3.8, 4) is 0 Å². The Hall–Kier alpha value is -1.30. The van der Waals surface area contributed by atoms with Crippen molar-refractivity contribution in [2.45, 2.75) is 59.3 Å². The summed E-state index contributed by atoms with van der Waals surface area (Å²) < 4.78 is 0. The lowest BCUT2D eigenvalue weighted by Crippen LogP contribution is -1.94. The van der Waals surface area contributed by atoms with Crippen LogP contribution in [0.25, 0.3) is 10.8 Å². The molecule has 0 aromatic heterocycles. The van der Waals surface area contributed by atoms with Crippen molar-refractivity contribution in [3.05, 3.63) is 47.0 Å². The van der Waals surface area contributed by atoms with Crippen LogP contribution >= 0.6 is 0 Å². The topological polar surface area (TPSA) is 0 Å². The van der Waals surface area contributed by atoms with Gasteiger partial charge in [-0.3, -0.25) is 0 Å². The standard InChI is InChI=1S/C19H26/c1-4-8-15-13-17(10-6-3)18-12-7-11-16(9-5-2)19(18)14-15/h7,11-14H,4-6,8-10H2,1-3H3. The van der Waals surface area contributed by atoms with Gasteiger partial charge in [-0.15, -0.1) is 0 Å². The van der Waals surface area contributed by atoms with Crippen molar-refractivity contribution in [1.29, 1.82) is 0 Å². The van der Waals surface area contributed by atoms with E-state index in [1.165, 1.54) is 60.4 Å². The van der Waals surface area contributed by atoms with Crippen LogP contribution in [0.1, 0.15) is 56.7 Å². The highest BCUT2D eigenvalue weighted by molar-refractivity contribution is 5.89. The Morgan fingerprint density at radius 3 is 2.05 bits per heavy atom. The summed E-state index contributed by atoms with van der Waals surface area (Å²) in [6, 6.07) is 11.7. The first-order valence-corrected chi connectivity index (χ1v) is 7.83. The van der Waals surface area contributed by atoms with Gasteiger partial charge in [0, 0.05) is 0 Å². The smallest absolute Gasteiger partial charge is 0.0146 e. The minimum atomic E-state index is 1.19. The molecule has 0 aliphatic rings. The number of rotatable bonds is 6. The molecule has 0 fully saturated rings. The van der Waals surface area contributed by atoms with Crippen LogP contribution in [-0.4, -0.2) is 0 Å². The average molecular weight is 254 g/mol. The largest absolute Gasteiger partial charge is 0.0651 e. The lowest BCUT2D eigenvalue weighted by atomic mass is 9.92. The van der Waals surface area contributed by atoms with E-state index >= 15 is 0 Å². The van der Waals surface area contributed by atoms with Gasteiger partial charge >= 0.3 is 0 Å². The maximum absolute atomic E-state index is 2.44. The van der Waals surface area contributed by atoms with Gasteiger partial charge in [0.15, 0.2) is 0 Å². The maximum atomic E-state index is 2.44. The summed E-state index contributed by atoms with van der Waals surface area (Å²) in [5.74, 6) is 0. The molecule has 102 valence electrons. The van der Waals surface area contributed by atoms with Crippen molar-refractivity contribution < 1.29 is 0 Å². The molecule has 0 amide bonds. The Kier molecular flexibility index (Phi) is 5.01. The first-order valence-electron chi connectivity index (χ1n) is 7.83. The molecule has 0 nitrogen and oxygen atoms in total. The third kappa shape index (κ3) is 3.18. The van der Waals surface area contributed by atoms with E-state index in [4.69, 9.17) is 0 Å². The average Bonchev–Trinajstić information content (AvgIpc) is 2.41. The summed E-state index contributed by atoms with van der Waals surface area (Å²) >= 11 is 0. The fraction of sp³-hybridized carbons (Fsp3) is 0.474. The third-order valence-electron chi connectivity index (χ3n) is 3.81. The van der Waals surface area contributed by atoms with Gasteiger partial charge in [0.25, 0.3) is 0 Å². The highest BCUT2D eigenvalue weighted by Gasteiger charge is 2.07. The molecule has 2 aromatic carbocycles. The first-order chi connectivity index (χ1) is 9.30. The van der Waals surface area contributed by atoms with E-state index in [2.05, 4.69) is 51.1 Å². The van der Waals surface area contributed by atoms with Gasteiger partial charge in [-0.25, -0.2) is 0 Å². The third-order valence-corrected chi connectivity index (χ3v) is 3.81. The molecule has 2 aromatic rings. The summed E-state index contributed by atoms with van der Waals surface area (Å²) in [6.45, 7) is 6.80. The van der Waals surface area contributed by atoms with Crippen LogP contribution in [-0.2, 0) is 19.3 Å². The summed E-state index contributed by atoms with van der Waals surface area (Å²) in [5, 5.41) is 2.98. The molecule has 0 radical (unpaired) electrons. The number of benzene rings is 2. The van der Waals surface area contributed by atoms with Crippen LogP contribution in [0.3, 0.4) is 0 Å². The molecule has 0 heterocycles. The minimum Gasteiger partial charge on any atom is -0.0651 e. The van der Waals surface area contributed by atoms with Crippen LogP contribution < -0.4 is 0 Å². The van der Waals surface area contributed by atoms with Gasteiger partial charge in [-0.1, -0.05) is 70.4 Å². The normalized spacial score (nSPS) is 11.1. The Labute approximate surface area is 117 Å². The molecular formula is C19H26. The fourth-order valence-electron chi connectivity index (χ4n) is 2.99. The van der Waals surface area contributed by atoms with Crippen LogP contribution in [0.4, 0.5) is 0 Å². The summed E-state index contributed by atoms with van der Waals surface area (Å²) in [7, 11) is 0. The maximum Gasteiger partial charge on any atom is -0.0146 e. The zero-order valence-corrected chi connectivity index (χ0v) is 12.6. The summed E-state index contributed by atoms with van der Waals surface area (Å²) in [6.07, 6.45) is 7.27. The van der Waals surface area contributed by atoms with Gasteiger partial charge in [-0.05, 0) is 46.7 Å². The highest BCUT2D eigenvalue weighted by Crippen LogP contribution is 2.27. The number of aryl methyl sites for hydroxylation is 3. The van der Waals surface area contributed by atoms with Crippen molar-refractivity contribution in [2.75, 3.05) is 0 Å². The van der Waals surface area contributed by atoms with Gasteiger partial charge < -0.3 is 0 Å². The van der Waals surface area contributed by atoms with E-state index in [0.29, 0.717) is 0 Å². The second-order valence-electron chi connectivity index (χ2n) is 5.52. The van der Waals surface area contributed by atoms with E-state index in [0.717, 1.165) is 0 Å². The van der Waals surface area contributed by atoms with Crippen molar-refractivity contribution in [2.24, 2.45) is 0 Å². The molecule has 2 rings (SSSR count). The van der Waals surface area contributed by atoms with Crippen LogP contribution in [0.5, 0.6) is 0 Å². The van der Waals surface area contributed by atoms with Gasteiger partial charge in [0.05, 0.1) is 0 Å². The predicted octanol–water partition coefficient (Wildman–Crippen LogP) is 5.70. The Bertz CT molecular complexity index is 537. The zero-order chi connectivity index (χ0) is 13.7. The zero-order valence-electron chi connectivity index (χ0n) is 12.6. The second-order valence-corrected chi connectivity index (χ2v) is 5.52. The van der Waals surface area contributed by atoms with Crippen molar-refractivity contribution >= 4 is 10.8 Å². The highest BCUT2D eigenvalue weighted by atomic mass is 14.1. The van der Waals surface area contributed by atoms with Crippen molar-refractivity contribution in [3.63, 3.8) is 0 Å². The molecule has 0 saturated carbocycles. The molecule has 0 bridgehead atoms. The van der Waals surface area contributed by atoms with Crippen molar-refractivity contribution in [1.82, 2.24) is 0 Å². The Morgan fingerprint density at radius 2 is 1.37 bits per heavy atom. The van der Waals surface area contributed by atoms with Crippen LogP contribution in [0.15, 0.2) is 30.3 Å². The molecule has 0 unspecified atom stereocenters. The molecule has 0 saturated heterocycles.